The Balaban J connectivity index is 1.43. The van der Waals surface area contributed by atoms with Gasteiger partial charge in [-0.25, -0.2) is 19.7 Å². The lowest BCUT2D eigenvalue weighted by Crippen LogP contribution is -2.36. The van der Waals surface area contributed by atoms with Gasteiger partial charge in [-0.2, -0.15) is 0 Å². The van der Waals surface area contributed by atoms with Crippen molar-refractivity contribution in [3.05, 3.63) is 42.5 Å². The number of amides is 1. The second-order valence-electron chi connectivity index (χ2n) is 7.53. The molecule has 1 aliphatic heterocycles. The van der Waals surface area contributed by atoms with Gasteiger partial charge in [0.05, 0.1) is 13.4 Å². The number of carboxylic acids is 1. The standard InChI is InChI=1S/C21H23N5O8S/c1-32-12-4-2-11(3-5-12)8-35-19-15-18(23-9-24-19)26(10-25-15)20-17(30)16(29)13(34-20)7-33-21(31)22-6-14(27)28/h2-5,9-10,13,16-17,20,29-30H,6-8H2,1H3,(H,22,31)(H,27,28)/t13-,16?,17?,20-/m1/s1. The molecule has 2 aromatic heterocycles. The molecule has 13 nitrogen and oxygen atoms in total. The molecule has 1 fully saturated rings. The summed E-state index contributed by atoms with van der Waals surface area (Å²) in [6.45, 7) is -1.01. The summed E-state index contributed by atoms with van der Waals surface area (Å²) in [5.74, 6) is 0.169. The quantitative estimate of drug-likeness (QED) is 0.235. The third kappa shape index (κ3) is 5.62. The number of nitrogens with zero attached hydrogens (tertiary/aromatic N) is 4. The van der Waals surface area contributed by atoms with E-state index in [1.54, 1.807) is 7.11 Å². The summed E-state index contributed by atoms with van der Waals surface area (Å²) in [7, 11) is 1.61. The molecule has 0 saturated carbocycles. The molecule has 4 rings (SSSR count). The van der Waals surface area contributed by atoms with Crippen LogP contribution in [0.25, 0.3) is 11.2 Å². The molecule has 1 saturated heterocycles. The van der Waals surface area contributed by atoms with E-state index in [2.05, 4.69) is 15.0 Å². The highest BCUT2D eigenvalue weighted by molar-refractivity contribution is 7.98. The maximum atomic E-state index is 11.6. The second kappa shape index (κ2) is 10.9. The fraction of sp³-hybridized carbons (Fsp3) is 0.381. The Hall–Kier alpha value is -3.46. The smallest absolute Gasteiger partial charge is 0.407 e. The maximum absolute atomic E-state index is 11.6. The van der Waals surface area contributed by atoms with Gasteiger partial charge in [0.2, 0.25) is 0 Å². The molecule has 4 atom stereocenters. The van der Waals surface area contributed by atoms with Crippen molar-refractivity contribution >= 4 is 35.0 Å². The summed E-state index contributed by atoms with van der Waals surface area (Å²) < 4.78 is 17.3. The van der Waals surface area contributed by atoms with Gasteiger partial charge in [0, 0.05) is 5.75 Å². The van der Waals surface area contributed by atoms with Crippen LogP contribution in [0.3, 0.4) is 0 Å². The van der Waals surface area contributed by atoms with Crippen molar-refractivity contribution in [2.75, 3.05) is 20.3 Å². The minimum absolute atomic E-state index is 0.397. The van der Waals surface area contributed by atoms with Crippen LogP contribution in [-0.4, -0.2) is 85.5 Å². The average molecular weight is 506 g/mol. The normalized spacial score (nSPS) is 21.7. The predicted octanol–water partition coefficient (Wildman–Crippen LogP) is 0.557. The Labute approximate surface area is 203 Å². The van der Waals surface area contributed by atoms with Gasteiger partial charge in [0.1, 0.15) is 54.1 Å². The number of carbonyl (C=O) groups is 2. The number of aliphatic hydroxyl groups excluding tert-OH is 2. The molecule has 186 valence electrons. The lowest BCUT2D eigenvalue weighted by atomic mass is 10.1. The zero-order valence-corrected chi connectivity index (χ0v) is 19.3. The fourth-order valence-corrected chi connectivity index (χ4v) is 4.35. The van der Waals surface area contributed by atoms with Gasteiger partial charge in [0.25, 0.3) is 0 Å². The third-order valence-electron chi connectivity index (χ3n) is 5.23. The number of rotatable bonds is 9. The summed E-state index contributed by atoms with van der Waals surface area (Å²) >= 11 is 1.47. The number of ether oxygens (including phenoxy) is 3. The van der Waals surface area contributed by atoms with E-state index in [0.717, 1.165) is 11.3 Å². The Morgan fingerprint density at radius 1 is 1.17 bits per heavy atom. The molecule has 1 aromatic carbocycles. The lowest BCUT2D eigenvalue weighted by molar-refractivity contribution is -0.135. The van der Waals surface area contributed by atoms with Crippen LogP contribution in [0.1, 0.15) is 11.8 Å². The maximum Gasteiger partial charge on any atom is 0.407 e. The predicted molar refractivity (Wildman–Crippen MR) is 121 cm³/mol. The highest BCUT2D eigenvalue weighted by atomic mass is 32.2. The molecule has 2 unspecified atom stereocenters. The third-order valence-corrected chi connectivity index (χ3v) is 6.28. The van der Waals surface area contributed by atoms with E-state index >= 15 is 0 Å². The minimum Gasteiger partial charge on any atom is -0.497 e. The monoisotopic (exact) mass is 505 g/mol. The van der Waals surface area contributed by atoms with Crippen LogP contribution in [0.15, 0.2) is 41.9 Å². The Kier molecular flexibility index (Phi) is 7.65. The number of nitrogens with one attached hydrogen (secondary N) is 1. The number of hydrogen-bond acceptors (Lipinski definition) is 11. The van der Waals surface area contributed by atoms with E-state index in [1.165, 1.54) is 29.0 Å². The van der Waals surface area contributed by atoms with E-state index in [9.17, 15) is 19.8 Å². The van der Waals surface area contributed by atoms with Crippen molar-refractivity contribution < 1.29 is 39.1 Å². The van der Waals surface area contributed by atoms with Crippen molar-refractivity contribution in [2.45, 2.75) is 35.3 Å². The molecule has 14 heteroatoms. The molecular formula is C21H23N5O8S. The zero-order valence-electron chi connectivity index (χ0n) is 18.5. The number of aliphatic carboxylic acids is 1. The fourth-order valence-electron chi connectivity index (χ4n) is 3.45. The Bertz CT molecular complexity index is 1190. The number of benzene rings is 1. The zero-order chi connectivity index (χ0) is 24.9. The van der Waals surface area contributed by atoms with Gasteiger partial charge in [-0.05, 0) is 17.7 Å². The van der Waals surface area contributed by atoms with Gasteiger partial charge in [-0.3, -0.25) is 9.36 Å². The number of aromatic nitrogens is 4. The summed E-state index contributed by atoms with van der Waals surface area (Å²) in [5, 5.41) is 32.2. The number of carbonyl (C=O) groups excluding carboxylic acids is 1. The van der Waals surface area contributed by atoms with Crippen molar-refractivity contribution in [1.29, 1.82) is 0 Å². The molecule has 1 amide bonds. The van der Waals surface area contributed by atoms with Gasteiger partial charge in [-0.1, -0.05) is 23.9 Å². The number of imidazole rings is 1. The first-order valence-corrected chi connectivity index (χ1v) is 11.4. The number of carboxylic acid groups (broad SMARTS) is 1. The van der Waals surface area contributed by atoms with Crippen molar-refractivity contribution in [1.82, 2.24) is 24.8 Å². The topological polar surface area (TPSA) is 178 Å². The van der Waals surface area contributed by atoms with Gasteiger partial charge in [-0.15, -0.1) is 0 Å². The summed E-state index contributed by atoms with van der Waals surface area (Å²) in [6, 6.07) is 7.66. The van der Waals surface area contributed by atoms with Gasteiger partial charge < -0.3 is 34.8 Å². The molecule has 0 radical (unpaired) electrons. The van der Waals surface area contributed by atoms with Crippen molar-refractivity contribution in [2.24, 2.45) is 0 Å². The molecule has 0 aliphatic carbocycles. The molecule has 35 heavy (non-hydrogen) atoms. The first-order valence-electron chi connectivity index (χ1n) is 10.4. The van der Waals surface area contributed by atoms with Crippen LogP contribution in [0.4, 0.5) is 4.79 Å². The van der Waals surface area contributed by atoms with Crippen LogP contribution < -0.4 is 10.1 Å². The van der Waals surface area contributed by atoms with Crippen LogP contribution in [-0.2, 0) is 20.0 Å². The molecule has 3 heterocycles. The molecule has 0 spiro atoms. The highest BCUT2D eigenvalue weighted by Gasteiger charge is 2.45. The van der Waals surface area contributed by atoms with E-state index in [4.69, 9.17) is 19.3 Å². The second-order valence-corrected chi connectivity index (χ2v) is 8.50. The summed E-state index contributed by atoms with van der Waals surface area (Å²) in [6.07, 6.45) is -2.99. The van der Waals surface area contributed by atoms with Crippen molar-refractivity contribution in [3.8, 4) is 5.75 Å². The van der Waals surface area contributed by atoms with Crippen LogP contribution in [0.5, 0.6) is 5.75 Å². The molecule has 3 aromatic rings. The van der Waals surface area contributed by atoms with Gasteiger partial charge in [0.15, 0.2) is 11.9 Å². The molecule has 0 bridgehead atoms. The number of aliphatic hydroxyl groups is 2. The SMILES string of the molecule is COc1ccc(CSc2ncnc3c2ncn3[C@@H]2O[C@H](COC(=O)NCC(=O)O)C(O)C2O)cc1. The van der Waals surface area contributed by atoms with Gasteiger partial charge >= 0.3 is 12.1 Å². The Morgan fingerprint density at radius 3 is 2.66 bits per heavy atom. The van der Waals surface area contributed by atoms with Crippen molar-refractivity contribution in [3.63, 3.8) is 0 Å². The van der Waals surface area contributed by atoms with E-state index in [-0.39, 0.29) is 0 Å². The number of hydrogen-bond donors (Lipinski definition) is 4. The van der Waals surface area contributed by atoms with Crippen LogP contribution in [0, 0.1) is 0 Å². The number of fused-ring (bicyclic) bond motifs is 1. The first-order chi connectivity index (χ1) is 16.9. The number of alkyl carbamates (subject to hydrolysis) is 1. The lowest BCUT2D eigenvalue weighted by Gasteiger charge is -2.16. The average Bonchev–Trinajstić information content (AvgIpc) is 3.41. The summed E-state index contributed by atoms with van der Waals surface area (Å²) in [5.41, 5.74) is 1.97. The van der Waals surface area contributed by atoms with Crippen LogP contribution in [0.2, 0.25) is 0 Å². The van der Waals surface area contributed by atoms with Crippen LogP contribution >= 0.6 is 11.8 Å². The first kappa shape index (κ1) is 24.7. The minimum atomic E-state index is -1.37. The number of thioether (sulfide) groups is 1. The van der Waals surface area contributed by atoms with E-state index < -0.39 is 49.8 Å². The largest absolute Gasteiger partial charge is 0.497 e. The molecule has 1 aliphatic rings. The molecular weight excluding hydrogens is 482 g/mol. The summed E-state index contributed by atoms with van der Waals surface area (Å²) in [4.78, 5) is 35.0. The highest BCUT2D eigenvalue weighted by Crippen LogP contribution is 2.33. The van der Waals surface area contributed by atoms with E-state index in [1.807, 2.05) is 29.6 Å². The molecule has 4 N–H and O–H groups in total. The Morgan fingerprint density at radius 2 is 1.94 bits per heavy atom. The number of methoxy groups -OCH3 is 1. The van der Waals surface area contributed by atoms with E-state index in [0.29, 0.717) is 21.9 Å².